The molecule has 8 N–H and O–H groups in total. The van der Waals surface area contributed by atoms with Gasteiger partial charge in [-0.2, -0.15) is 12.6 Å². The Morgan fingerprint density at radius 2 is 1.28 bits per heavy atom. The lowest BCUT2D eigenvalue weighted by Crippen LogP contribution is -2.58. The largest absolute Gasteiger partial charge is 0.508 e. The van der Waals surface area contributed by atoms with Crippen molar-refractivity contribution in [2.45, 2.75) is 49.9 Å². The smallest absolute Gasteiger partial charge is 0.326 e. The molecule has 39 heavy (non-hydrogen) atoms. The summed E-state index contributed by atoms with van der Waals surface area (Å²) in [5.41, 5.74) is 7.29. The zero-order valence-electron chi connectivity index (χ0n) is 20.9. The molecule has 13 heteroatoms. The van der Waals surface area contributed by atoms with Crippen molar-refractivity contribution in [1.29, 1.82) is 0 Å². The summed E-state index contributed by atoms with van der Waals surface area (Å²) in [7, 11) is 0. The molecule has 0 aliphatic carbocycles. The highest BCUT2D eigenvalue weighted by Gasteiger charge is 2.30. The number of hydrogen-bond acceptors (Lipinski definition) is 8. The fourth-order valence-corrected chi connectivity index (χ4v) is 3.84. The minimum atomic E-state index is -1.34. The van der Waals surface area contributed by atoms with Crippen LogP contribution in [0.1, 0.15) is 24.0 Å². The number of carboxylic acids is 2. The third kappa shape index (κ3) is 10.7. The van der Waals surface area contributed by atoms with Crippen molar-refractivity contribution >= 4 is 42.3 Å². The SMILES string of the molecule is NC(Cc1ccc(O)cc1)C(=O)NC(CCC(=O)O)C(=O)NC(CS)C(=O)NC(Cc1ccccc1)C(=O)O. The van der Waals surface area contributed by atoms with Gasteiger partial charge in [0.15, 0.2) is 0 Å². The molecule has 2 rings (SSSR count). The third-order valence-corrected chi connectivity index (χ3v) is 6.09. The topological polar surface area (TPSA) is 208 Å². The maximum Gasteiger partial charge on any atom is 0.326 e. The fraction of sp³-hybridized carbons (Fsp3) is 0.346. The first-order valence-corrected chi connectivity index (χ1v) is 12.7. The number of thiol groups is 1. The van der Waals surface area contributed by atoms with Gasteiger partial charge in [-0.15, -0.1) is 0 Å². The number of phenols is 1. The Labute approximate surface area is 230 Å². The molecule has 0 aromatic heterocycles. The molecular weight excluding hydrogens is 528 g/mol. The van der Waals surface area contributed by atoms with Crippen LogP contribution in [-0.2, 0) is 36.8 Å². The molecule has 0 aliphatic rings. The fourth-order valence-electron chi connectivity index (χ4n) is 3.58. The summed E-state index contributed by atoms with van der Waals surface area (Å²) in [6, 6.07) is 9.69. The summed E-state index contributed by atoms with van der Waals surface area (Å²) < 4.78 is 0. The number of amides is 3. The molecule has 0 spiro atoms. The van der Waals surface area contributed by atoms with Crippen LogP contribution in [0.3, 0.4) is 0 Å². The first-order chi connectivity index (χ1) is 18.5. The van der Waals surface area contributed by atoms with E-state index in [1.807, 2.05) is 0 Å². The van der Waals surface area contributed by atoms with Crippen molar-refractivity contribution in [3.05, 3.63) is 65.7 Å². The van der Waals surface area contributed by atoms with Gasteiger partial charge in [0, 0.05) is 18.6 Å². The maximum atomic E-state index is 13.0. The predicted octanol–water partition coefficient (Wildman–Crippen LogP) is -0.162. The molecule has 0 saturated heterocycles. The molecule has 3 amide bonds. The van der Waals surface area contributed by atoms with Gasteiger partial charge >= 0.3 is 11.9 Å². The lowest BCUT2D eigenvalue weighted by atomic mass is 10.0. The molecule has 0 radical (unpaired) electrons. The Morgan fingerprint density at radius 1 is 0.744 bits per heavy atom. The molecule has 4 atom stereocenters. The van der Waals surface area contributed by atoms with Crippen LogP contribution in [0.5, 0.6) is 5.75 Å². The lowest BCUT2D eigenvalue weighted by molar-refractivity contribution is -0.142. The minimum absolute atomic E-state index is 0.00532. The molecule has 0 heterocycles. The molecule has 2 aromatic rings. The standard InChI is InChI=1S/C26H32N4O8S/c27-18(12-16-6-8-17(31)9-7-16)23(34)28-19(10-11-22(32)33)24(35)30-21(14-39)25(36)29-20(26(37)38)13-15-4-2-1-3-5-15/h1-9,18-21,31,39H,10-14,27H2,(H,28,34)(H,29,36)(H,30,35)(H,32,33)(H,37,38). The minimum Gasteiger partial charge on any atom is -0.508 e. The predicted molar refractivity (Wildman–Crippen MR) is 144 cm³/mol. The van der Waals surface area contributed by atoms with E-state index in [0.717, 1.165) is 0 Å². The molecule has 0 saturated carbocycles. The number of rotatable bonds is 15. The number of carbonyl (C=O) groups is 5. The van der Waals surface area contributed by atoms with E-state index in [-0.39, 0.29) is 30.8 Å². The van der Waals surface area contributed by atoms with Gasteiger partial charge in [-0.25, -0.2) is 4.79 Å². The van der Waals surface area contributed by atoms with Gasteiger partial charge in [-0.3, -0.25) is 19.2 Å². The molecule has 0 aliphatic heterocycles. The van der Waals surface area contributed by atoms with Gasteiger partial charge in [0.25, 0.3) is 0 Å². The van der Waals surface area contributed by atoms with Crippen LogP contribution in [0, 0.1) is 0 Å². The number of nitrogens with one attached hydrogen (secondary N) is 3. The van der Waals surface area contributed by atoms with Crippen LogP contribution >= 0.6 is 12.6 Å². The van der Waals surface area contributed by atoms with Gasteiger partial charge in [0.05, 0.1) is 6.04 Å². The Bertz CT molecular complexity index is 1150. The summed E-state index contributed by atoms with van der Waals surface area (Å²) in [5.74, 6) is -5.03. The monoisotopic (exact) mass is 560 g/mol. The molecule has 0 fully saturated rings. The molecule has 210 valence electrons. The van der Waals surface area contributed by atoms with Crippen molar-refractivity contribution < 1.29 is 39.3 Å². The Hall–Kier alpha value is -4.10. The van der Waals surface area contributed by atoms with Crippen molar-refractivity contribution in [2.75, 3.05) is 5.75 Å². The van der Waals surface area contributed by atoms with Gasteiger partial charge < -0.3 is 37.0 Å². The lowest BCUT2D eigenvalue weighted by Gasteiger charge is -2.24. The van der Waals surface area contributed by atoms with Crippen molar-refractivity contribution in [3.8, 4) is 5.75 Å². The second-order valence-electron chi connectivity index (χ2n) is 8.80. The number of carbonyl (C=O) groups excluding carboxylic acids is 3. The number of phenolic OH excluding ortho intramolecular Hbond substituents is 1. The second-order valence-corrected chi connectivity index (χ2v) is 9.17. The molecule has 4 unspecified atom stereocenters. The number of nitrogens with two attached hydrogens (primary N) is 1. The number of aromatic hydroxyl groups is 1. The Kier molecular flexibility index (Phi) is 12.2. The van der Waals surface area contributed by atoms with E-state index in [0.29, 0.717) is 11.1 Å². The molecule has 12 nitrogen and oxygen atoms in total. The number of aliphatic carboxylic acids is 2. The van der Waals surface area contributed by atoms with E-state index in [9.17, 15) is 34.2 Å². The number of benzene rings is 2. The third-order valence-electron chi connectivity index (χ3n) is 5.72. The van der Waals surface area contributed by atoms with Crippen LogP contribution in [-0.4, -0.2) is 74.9 Å². The van der Waals surface area contributed by atoms with E-state index in [2.05, 4.69) is 28.6 Å². The van der Waals surface area contributed by atoms with E-state index in [1.165, 1.54) is 12.1 Å². The summed E-state index contributed by atoms with van der Waals surface area (Å²) in [5, 5.41) is 35.2. The highest BCUT2D eigenvalue weighted by molar-refractivity contribution is 7.80. The van der Waals surface area contributed by atoms with Crippen molar-refractivity contribution in [1.82, 2.24) is 16.0 Å². The number of carboxylic acid groups (broad SMARTS) is 2. The maximum absolute atomic E-state index is 13.0. The summed E-state index contributed by atoms with van der Waals surface area (Å²) >= 11 is 4.08. The van der Waals surface area contributed by atoms with E-state index >= 15 is 0 Å². The Morgan fingerprint density at radius 3 is 1.85 bits per heavy atom. The van der Waals surface area contributed by atoms with Crippen LogP contribution in [0.4, 0.5) is 0 Å². The average molecular weight is 561 g/mol. The molecule has 2 aromatic carbocycles. The molecular formula is C26H32N4O8S. The zero-order valence-corrected chi connectivity index (χ0v) is 21.8. The van der Waals surface area contributed by atoms with E-state index in [1.54, 1.807) is 42.5 Å². The van der Waals surface area contributed by atoms with Crippen molar-refractivity contribution in [2.24, 2.45) is 5.73 Å². The number of hydrogen-bond donors (Lipinski definition) is 8. The molecule has 0 bridgehead atoms. The Balaban J connectivity index is 2.06. The van der Waals surface area contributed by atoms with Crippen LogP contribution in [0.2, 0.25) is 0 Å². The van der Waals surface area contributed by atoms with Crippen LogP contribution < -0.4 is 21.7 Å². The first kappa shape index (κ1) is 31.1. The quantitative estimate of drug-likeness (QED) is 0.136. The summed E-state index contributed by atoms with van der Waals surface area (Å²) in [4.78, 5) is 61.3. The summed E-state index contributed by atoms with van der Waals surface area (Å²) in [6.07, 6.45) is -0.655. The van der Waals surface area contributed by atoms with Gasteiger partial charge in [0.2, 0.25) is 17.7 Å². The van der Waals surface area contributed by atoms with Crippen molar-refractivity contribution in [3.63, 3.8) is 0 Å². The average Bonchev–Trinajstić information content (AvgIpc) is 2.90. The van der Waals surface area contributed by atoms with Gasteiger partial charge in [0.1, 0.15) is 23.9 Å². The highest BCUT2D eigenvalue weighted by atomic mass is 32.1. The van der Waals surface area contributed by atoms with E-state index < -0.39 is 60.2 Å². The summed E-state index contributed by atoms with van der Waals surface area (Å²) in [6.45, 7) is 0. The second kappa shape index (κ2) is 15.3. The van der Waals surface area contributed by atoms with Gasteiger partial charge in [-0.05, 0) is 36.1 Å². The first-order valence-electron chi connectivity index (χ1n) is 12.0. The van der Waals surface area contributed by atoms with E-state index in [4.69, 9.17) is 10.8 Å². The highest BCUT2D eigenvalue weighted by Crippen LogP contribution is 2.11. The van der Waals surface area contributed by atoms with Crippen LogP contribution in [0.25, 0.3) is 0 Å². The van der Waals surface area contributed by atoms with Crippen LogP contribution in [0.15, 0.2) is 54.6 Å². The normalized spacial score (nSPS) is 13.8. The zero-order chi connectivity index (χ0) is 28.9. The van der Waals surface area contributed by atoms with Gasteiger partial charge in [-0.1, -0.05) is 42.5 Å².